The van der Waals surface area contributed by atoms with Crippen LogP contribution >= 0.6 is 0 Å². The summed E-state index contributed by atoms with van der Waals surface area (Å²) in [5, 5.41) is 0. The fourth-order valence-corrected chi connectivity index (χ4v) is 3.80. The lowest BCUT2D eigenvalue weighted by atomic mass is 9.77. The summed E-state index contributed by atoms with van der Waals surface area (Å²) < 4.78 is 6.11. The number of ketones is 1. The molecule has 0 aromatic carbocycles. The molecule has 2 rings (SSSR count). The van der Waals surface area contributed by atoms with Crippen molar-refractivity contribution >= 4 is 5.78 Å². The van der Waals surface area contributed by atoms with Gasteiger partial charge in [-0.15, -0.1) is 0 Å². The fraction of sp³-hybridized carbons (Fsp3) is 0.944. The van der Waals surface area contributed by atoms with Gasteiger partial charge in [-0.2, -0.15) is 0 Å². The van der Waals surface area contributed by atoms with Gasteiger partial charge in [0.05, 0.1) is 0 Å². The fourth-order valence-electron chi connectivity index (χ4n) is 3.80. The molecule has 2 saturated carbocycles. The van der Waals surface area contributed by atoms with E-state index in [1.165, 1.54) is 51.4 Å². The zero-order chi connectivity index (χ0) is 14.4. The van der Waals surface area contributed by atoms with Gasteiger partial charge >= 0.3 is 0 Å². The summed E-state index contributed by atoms with van der Waals surface area (Å²) in [5.41, 5.74) is 0. The minimum Gasteiger partial charge on any atom is -0.370 e. The Balaban J connectivity index is 1.97. The number of hydrogen-bond donors (Lipinski definition) is 0. The molecule has 0 spiro atoms. The predicted octanol–water partition coefficient (Wildman–Crippen LogP) is 4.76. The van der Waals surface area contributed by atoms with Crippen LogP contribution in [0, 0.1) is 17.8 Å². The molecule has 0 aromatic heterocycles. The molecule has 1 atom stereocenters. The molecule has 116 valence electrons. The summed E-state index contributed by atoms with van der Waals surface area (Å²) >= 11 is 0. The van der Waals surface area contributed by atoms with Gasteiger partial charge in [0.25, 0.3) is 0 Å². The third-order valence-electron chi connectivity index (χ3n) is 4.98. The highest BCUT2D eigenvalue weighted by Crippen LogP contribution is 2.33. The Morgan fingerprint density at radius 3 is 2.05 bits per heavy atom. The summed E-state index contributed by atoms with van der Waals surface area (Å²) in [6, 6.07) is 0. The van der Waals surface area contributed by atoms with Gasteiger partial charge in [-0.05, 0) is 37.5 Å². The van der Waals surface area contributed by atoms with E-state index in [2.05, 4.69) is 13.8 Å². The number of rotatable bonds is 6. The Morgan fingerprint density at radius 2 is 1.50 bits per heavy atom. The first-order valence-electron chi connectivity index (χ1n) is 8.84. The first-order valence-corrected chi connectivity index (χ1v) is 8.84. The molecular formula is C18H32O2. The van der Waals surface area contributed by atoms with E-state index < -0.39 is 0 Å². The average Bonchev–Trinajstić information content (AvgIpc) is 2.49. The number of Topliss-reactive ketones (excluding diaryl/α,β-unsaturated/α-hetero) is 1. The second-order valence-electron chi connectivity index (χ2n) is 7.28. The van der Waals surface area contributed by atoms with Crippen molar-refractivity contribution in [1.29, 1.82) is 0 Å². The highest BCUT2D eigenvalue weighted by atomic mass is 16.5. The SMILES string of the molecule is CC(C)COC(C(=O)C1CCCCC1)C1CCCCC1. The Labute approximate surface area is 124 Å². The Hall–Kier alpha value is -0.370. The first-order chi connectivity index (χ1) is 9.68. The molecule has 0 aliphatic heterocycles. The molecule has 0 radical (unpaired) electrons. The maximum atomic E-state index is 12.9. The van der Waals surface area contributed by atoms with Crippen LogP contribution in [0.4, 0.5) is 0 Å². The van der Waals surface area contributed by atoms with Crippen molar-refractivity contribution < 1.29 is 9.53 Å². The zero-order valence-electron chi connectivity index (χ0n) is 13.4. The maximum absolute atomic E-state index is 12.9. The molecule has 20 heavy (non-hydrogen) atoms. The van der Waals surface area contributed by atoms with Gasteiger partial charge in [-0.1, -0.05) is 52.4 Å². The first kappa shape index (κ1) is 16.0. The van der Waals surface area contributed by atoms with Crippen LogP contribution in [0.3, 0.4) is 0 Å². The van der Waals surface area contributed by atoms with Crippen molar-refractivity contribution in [2.75, 3.05) is 6.61 Å². The van der Waals surface area contributed by atoms with Crippen molar-refractivity contribution in [1.82, 2.24) is 0 Å². The lowest BCUT2D eigenvalue weighted by Gasteiger charge is -2.33. The van der Waals surface area contributed by atoms with E-state index in [-0.39, 0.29) is 6.10 Å². The van der Waals surface area contributed by atoms with E-state index in [1.807, 2.05) is 0 Å². The lowest BCUT2D eigenvalue weighted by molar-refractivity contribution is -0.141. The molecule has 0 saturated heterocycles. The van der Waals surface area contributed by atoms with Crippen molar-refractivity contribution in [2.45, 2.75) is 84.2 Å². The molecule has 2 aliphatic rings. The number of carbonyl (C=O) groups is 1. The molecule has 0 aromatic rings. The van der Waals surface area contributed by atoms with Crippen molar-refractivity contribution in [3.05, 3.63) is 0 Å². The van der Waals surface area contributed by atoms with Crippen LogP contribution in [0.5, 0.6) is 0 Å². The molecule has 2 heteroatoms. The van der Waals surface area contributed by atoms with Crippen LogP contribution < -0.4 is 0 Å². The molecule has 2 nitrogen and oxygen atoms in total. The van der Waals surface area contributed by atoms with Crippen LogP contribution in [-0.4, -0.2) is 18.5 Å². The van der Waals surface area contributed by atoms with E-state index in [4.69, 9.17) is 4.74 Å². The van der Waals surface area contributed by atoms with Crippen LogP contribution in [-0.2, 0) is 9.53 Å². The van der Waals surface area contributed by atoms with Gasteiger partial charge in [0.2, 0.25) is 0 Å². The van der Waals surface area contributed by atoms with Gasteiger partial charge in [0.1, 0.15) is 6.10 Å². The Kier molecular flexibility index (Phi) is 6.54. The molecule has 0 N–H and O–H groups in total. The summed E-state index contributed by atoms with van der Waals surface area (Å²) in [6.07, 6.45) is 12.2. The molecule has 2 fully saturated rings. The van der Waals surface area contributed by atoms with Crippen LogP contribution in [0.25, 0.3) is 0 Å². The second-order valence-corrected chi connectivity index (χ2v) is 7.28. The topological polar surface area (TPSA) is 26.3 Å². The Bertz CT molecular complexity index is 286. The van der Waals surface area contributed by atoms with E-state index in [1.54, 1.807) is 0 Å². The van der Waals surface area contributed by atoms with Crippen LogP contribution in [0.2, 0.25) is 0 Å². The van der Waals surface area contributed by atoms with Gasteiger partial charge in [-0.25, -0.2) is 0 Å². The molecule has 0 amide bonds. The largest absolute Gasteiger partial charge is 0.370 e. The van der Waals surface area contributed by atoms with Gasteiger partial charge < -0.3 is 4.74 Å². The standard InChI is InChI=1S/C18H32O2/c1-14(2)13-20-18(16-11-7-4-8-12-16)17(19)15-9-5-3-6-10-15/h14-16,18H,3-13H2,1-2H3. The van der Waals surface area contributed by atoms with Gasteiger partial charge in [0, 0.05) is 12.5 Å². The number of carbonyl (C=O) groups excluding carboxylic acids is 1. The third kappa shape index (κ3) is 4.58. The maximum Gasteiger partial charge on any atom is 0.164 e. The molecule has 1 unspecified atom stereocenters. The van der Waals surface area contributed by atoms with Gasteiger partial charge in [0.15, 0.2) is 5.78 Å². The quantitative estimate of drug-likeness (QED) is 0.701. The molecule has 2 aliphatic carbocycles. The van der Waals surface area contributed by atoms with Crippen molar-refractivity contribution in [3.63, 3.8) is 0 Å². The Morgan fingerprint density at radius 1 is 0.950 bits per heavy atom. The van der Waals surface area contributed by atoms with Crippen LogP contribution in [0.1, 0.15) is 78.1 Å². The minimum atomic E-state index is -0.0965. The molecule has 0 heterocycles. The number of ether oxygens (including phenoxy) is 1. The third-order valence-corrected chi connectivity index (χ3v) is 4.98. The highest BCUT2D eigenvalue weighted by Gasteiger charge is 2.35. The second kappa shape index (κ2) is 8.17. The van der Waals surface area contributed by atoms with E-state index in [9.17, 15) is 4.79 Å². The highest BCUT2D eigenvalue weighted by molar-refractivity contribution is 5.85. The molecule has 0 bridgehead atoms. The van der Waals surface area contributed by atoms with E-state index >= 15 is 0 Å². The molecular weight excluding hydrogens is 248 g/mol. The summed E-state index contributed by atoms with van der Waals surface area (Å²) in [5.74, 6) is 1.75. The normalized spacial score (nSPS) is 23.9. The van der Waals surface area contributed by atoms with E-state index in [0.717, 1.165) is 19.4 Å². The summed E-state index contributed by atoms with van der Waals surface area (Å²) in [7, 11) is 0. The summed E-state index contributed by atoms with van der Waals surface area (Å²) in [6.45, 7) is 5.08. The van der Waals surface area contributed by atoms with Crippen molar-refractivity contribution in [2.24, 2.45) is 17.8 Å². The average molecular weight is 280 g/mol. The van der Waals surface area contributed by atoms with Crippen molar-refractivity contribution in [3.8, 4) is 0 Å². The lowest BCUT2D eigenvalue weighted by Crippen LogP contribution is -2.39. The van der Waals surface area contributed by atoms with Crippen LogP contribution in [0.15, 0.2) is 0 Å². The predicted molar refractivity (Wildman–Crippen MR) is 82.7 cm³/mol. The summed E-state index contributed by atoms with van der Waals surface area (Å²) in [4.78, 5) is 12.9. The minimum absolute atomic E-state index is 0.0965. The smallest absolute Gasteiger partial charge is 0.164 e. The zero-order valence-corrected chi connectivity index (χ0v) is 13.4. The van der Waals surface area contributed by atoms with Gasteiger partial charge in [-0.3, -0.25) is 4.79 Å². The monoisotopic (exact) mass is 280 g/mol. The van der Waals surface area contributed by atoms with E-state index in [0.29, 0.717) is 23.5 Å². The number of hydrogen-bond acceptors (Lipinski definition) is 2.